The van der Waals surface area contributed by atoms with Crippen LogP contribution in [-0.4, -0.2) is 20.5 Å². The van der Waals surface area contributed by atoms with Crippen molar-refractivity contribution in [3.8, 4) is 5.75 Å². The largest absolute Gasteiger partial charge is 0.497 e. The van der Waals surface area contributed by atoms with Crippen molar-refractivity contribution in [1.82, 2.24) is 4.98 Å². The van der Waals surface area contributed by atoms with Crippen LogP contribution >= 0.6 is 0 Å². The number of para-hydroxylation sites is 1. The van der Waals surface area contributed by atoms with Crippen molar-refractivity contribution in [3.05, 3.63) is 83.7 Å². The number of nitrogens with one attached hydrogen (secondary N) is 1. The minimum Gasteiger partial charge on any atom is -0.497 e. The van der Waals surface area contributed by atoms with Gasteiger partial charge in [-0.1, -0.05) is 30.4 Å². The minimum atomic E-state index is -3.70. The van der Waals surface area contributed by atoms with Crippen LogP contribution in [0.25, 0.3) is 12.2 Å². The Morgan fingerprint density at radius 1 is 0.963 bits per heavy atom. The van der Waals surface area contributed by atoms with Gasteiger partial charge in [0.25, 0.3) is 10.0 Å². The molecule has 0 fully saturated rings. The molecule has 0 saturated carbocycles. The van der Waals surface area contributed by atoms with Crippen LogP contribution in [0.1, 0.15) is 16.7 Å². The molecule has 2 aromatic carbocycles. The molecule has 1 N–H and O–H groups in total. The molecule has 0 aliphatic heterocycles. The summed E-state index contributed by atoms with van der Waals surface area (Å²) >= 11 is 0. The molecule has 1 heterocycles. The first-order valence-corrected chi connectivity index (χ1v) is 9.82. The molecule has 0 bridgehead atoms. The fourth-order valence-corrected chi connectivity index (χ4v) is 3.63. The summed E-state index contributed by atoms with van der Waals surface area (Å²) in [7, 11) is -2.16. The molecular weight excluding hydrogens is 360 g/mol. The van der Waals surface area contributed by atoms with E-state index in [4.69, 9.17) is 4.74 Å². The predicted octanol–water partition coefficient (Wildman–Crippen LogP) is 4.37. The highest BCUT2D eigenvalue weighted by Crippen LogP contribution is 2.23. The van der Waals surface area contributed by atoms with Gasteiger partial charge in [-0.15, -0.1) is 0 Å². The second kappa shape index (κ2) is 8.05. The van der Waals surface area contributed by atoms with E-state index < -0.39 is 10.0 Å². The molecule has 0 amide bonds. The zero-order valence-electron chi connectivity index (χ0n) is 15.1. The van der Waals surface area contributed by atoms with Crippen LogP contribution in [0.5, 0.6) is 5.75 Å². The van der Waals surface area contributed by atoms with Gasteiger partial charge in [-0.2, -0.15) is 0 Å². The lowest BCUT2D eigenvalue weighted by Gasteiger charge is -2.11. The third-order valence-corrected chi connectivity index (χ3v) is 5.46. The number of rotatable bonds is 6. The maximum atomic E-state index is 12.7. The Kier molecular flexibility index (Phi) is 5.57. The van der Waals surface area contributed by atoms with Gasteiger partial charge in [0.1, 0.15) is 5.75 Å². The summed E-state index contributed by atoms with van der Waals surface area (Å²) in [4.78, 5) is 4.25. The van der Waals surface area contributed by atoms with Gasteiger partial charge in [-0.25, -0.2) is 8.42 Å². The molecule has 1 aromatic heterocycles. The van der Waals surface area contributed by atoms with Gasteiger partial charge in [0.15, 0.2) is 0 Å². The molecule has 0 saturated heterocycles. The fraction of sp³-hybridized carbons (Fsp3) is 0.0952. The summed E-state index contributed by atoms with van der Waals surface area (Å²) in [5.41, 5.74) is 3.35. The lowest BCUT2D eigenvalue weighted by Crippen LogP contribution is -2.13. The van der Waals surface area contributed by atoms with Crippen LogP contribution in [0, 0.1) is 6.92 Å². The monoisotopic (exact) mass is 380 g/mol. The molecule has 0 atom stereocenters. The van der Waals surface area contributed by atoms with E-state index in [1.807, 2.05) is 37.3 Å². The number of hydrogen-bond donors (Lipinski definition) is 1. The molecule has 6 heteroatoms. The summed E-state index contributed by atoms with van der Waals surface area (Å²) in [5, 5.41) is 0. The van der Waals surface area contributed by atoms with E-state index in [-0.39, 0.29) is 4.90 Å². The van der Waals surface area contributed by atoms with E-state index in [0.29, 0.717) is 11.4 Å². The van der Waals surface area contributed by atoms with Gasteiger partial charge < -0.3 is 4.74 Å². The van der Waals surface area contributed by atoms with Gasteiger partial charge in [0.2, 0.25) is 0 Å². The quantitative estimate of drug-likeness (QED) is 0.689. The van der Waals surface area contributed by atoms with E-state index in [2.05, 4.69) is 9.71 Å². The van der Waals surface area contributed by atoms with Crippen molar-refractivity contribution in [2.24, 2.45) is 0 Å². The molecule has 0 aliphatic carbocycles. The highest BCUT2D eigenvalue weighted by molar-refractivity contribution is 7.92. The number of anilines is 1. The average molecular weight is 380 g/mol. The number of hydrogen-bond acceptors (Lipinski definition) is 4. The molecule has 0 unspecified atom stereocenters. The number of benzene rings is 2. The van der Waals surface area contributed by atoms with Gasteiger partial charge in [0, 0.05) is 12.4 Å². The Balaban J connectivity index is 1.88. The highest BCUT2D eigenvalue weighted by Gasteiger charge is 2.15. The Hall–Kier alpha value is -3.12. The second-order valence-corrected chi connectivity index (χ2v) is 7.62. The zero-order valence-corrected chi connectivity index (χ0v) is 15.9. The maximum Gasteiger partial charge on any atom is 0.261 e. The van der Waals surface area contributed by atoms with Gasteiger partial charge >= 0.3 is 0 Å². The summed E-state index contributed by atoms with van der Waals surface area (Å²) < 4.78 is 33.1. The van der Waals surface area contributed by atoms with E-state index >= 15 is 0 Å². The van der Waals surface area contributed by atoms with E-state index in [1.54, 1.807) is 36.7 Å². The minimum absolute atomic E-state index is 0.173. The van der Waals surface area contributed by atoms with E-state index in [1.165, 1.54) is 19.2 Å². The number of aryl methyl sites for hydroxylation is 1. The Morgan fingerprint density at radius 2 is 1.67 bits per heavy atom. The third-order valence-electron chi connectivity index (χ3n) is 4.08. The number of ether oxygens (including phenoxy) is 1. The zero-order chi connectivity index (χ0) is 19.3. The molecule has 0 radical (unpaired) electrons. The van der Waals surface area contributed by atoms with Crippen LogP contribution in [0.15, 0.2) is 71.9 Å². The number of pyridine rings is 1. The summed E-state index contributed by atoms with van der Waals surface area (Å²) in [6.45, 7) is 1.98. The first kappa shape index (κ1) is 18.7. The van der Waals surface area contributed by atoms with Crippen molar-refractivity contribution in [1.29, 1.82) is 0 Å². The number of sulfonamides is 1. The first-order chi connectivity index (χ1) is 13.0. The van der Waals surface area contributed by atoms with E-state index in [9.17, 15) is 8.42 Å². The number of methoxy groups -OCH3 is 1. The van der Waals surface area contributed by atoms with Crippen molar-refractivity contribution in [3.63, 3.8) is 0 Å². The second-order valence-electron chi connectivity index (χ2n) is 5.93. The van der Waals surface area contributed by atoms with Crippen molar-refractivity contribution in [2.75, 3.05) is 11.8 Å². The van der Waals surface area contributed by atoms with Crippen molar-refractivity contribution >= 4 is 27.9 Å². The molecule has 27 heavy (non-hydrogen) atoms. The molecule has 3 rings (SSSR count). The molecule has 0 spiro atoms. The van der Waals surface area contributed by atoms with Gasteiger partial charge in [-0.3, -0.25) is 9.71 Å². The van der Waals surface area contributed by atoms with Crippen LogP contribution in [0.4, 0.5) is 5.69 Å². The van der Waals surface area contributed by atoms with Crippen molar-refractivity contribution < 1.29 is 13.2 Å². The Labute approximate surface area is 159 Å². The number of aromatic nitrogens is 1. The van der Waals surface area contributed by atoms with Gasteiger partial charge in [0.05, 0.1) is 17.7 Å². The molecule has 0 aliphatic rings. The van der Waals surface area contributed by atoms with Crippen LogP contribution in [0.3, 0.4) is 0 Å². The standard InChI is InChI=1S/C21H20N2O3S/c1-16-15-22-14-13-17(16)7-8-18-5-3-4-6-21(18)23-27(24,25)20-11-9-19(26-2)10-12-20/h3-15,23H,1-2H3. The normalized spacial score (nSPS) is 11.5. The summed E-state index contributed by atoms with van der Waals surface area (Å²) in [6.07, 6.45) is 7.34. The molecular formula is C21H20N2O3S. The van der Waals surface area contributed by atoms with Crippen LogP contribution in [-0.2, 0) is 10.0 Å². The lowest BCUT2D eigenvalue weighted by molar-refractivity contribution is 0.414. The first-order valence-electron chi connectivity index (χ1n) is 8.34. The highest BCUT2D eigenvalue weighted by atomic mass is 32.2. The summed E-state index contributed by atoms with van der Waals surface area (Å²) in [6, 6.07) is 15.4. The molecule has 3 aromatic rings. The lowest BCUT2D eigenvalue weighted by atomic mass is 10.1. The van der Waals surface area contributed by atoms with Crippen molar-refractivity contribution in [2.45, 2.75) is 11.8 Å². The average Bonchev–Trinajstić information content (AvgIpc) is 2.68. The fourth-order valence-electron chi connectivity index (χ4n) is 2.54. The number of nitrogens with zero attached hydrogens (tertiary/aromatic N) is 1. The third kappa shape index (κ3) is 4.54. The van der Waals surface area contributed by atoms with Crippen LogP contribution < -0.4 is 9.46 Å². The SMILES string of the molecule is COc1ccc(S(=O)(=O)Nc2ccccc2C=Cc2ccncc2C)cc1. The summed E-state index contributed by atoms with van der Waals surface area (Å²) in [5.74, 6) is 0.602. The molecule has 138 valence electrons. The smallest absolute Gasteiger partial charge is 0.261 e. The predicted molar refractivity (Wildman–Crippen MR) is 108 cm³/mol. The van der Waals surface area contributed by atoms with Crippen LogP contribution in [0.2, 0.25) is 0 Å². The topological polar surface area (TPSA) is 68.3 Å². The Bertz CT molecular complexity index is 1060. The maximum absolute atomic E-state index is 12.7. The van der Waals surface area contributed by atoms with Gasteiger partial charge in [-0.05, 0) is 60.0 Å². The Morgan fingerprint density at radius 3 is 2.37 bits per heavy atom. The molecule has 5 nitrogen and oxygen atoms in total. The van der Waals surface area contributed by atoms with E-state index in [0.717, 1.165) is 16.7 Å².